The van der Waals surface area contributed by atoms with Gasteiger partial charge in [-0.05, 0) is 18.2 Å². The zero-order valence-electron chi connectivity index (χ0n) is 14.0. The van der Waals surface area contributed by atoms with Crippen LogP contribution in [0.2, 0.25) is 10.0 Å². The van der Waals surface area contributed by atoms with E-state index in [0.717, 1.165) is 0 Å². The van der Waals surface area contributed by atoms with E-state index in [4.69, 9.17) is 27.9 Å². The first-order chi connectivity index (χ1) is 12.5. The Bertz CT molecular complexity index is 945. The number of hydrogen-bond acceptors (Lipinski definition) is 6. The molecule has 2 aromatic heterocycles. The zero-order chi connectivity index (χ0) is 18.7. The highest BCUT2D eigenvalue weighted by molar-refractivity contribution is 6.34. The normalized spacial score (nSPS) is 10.5. The summed E-state index contributed by atoms with van der Waals surface area (Å²) >= 11 is 12.3. The molecule has 2 N–H and O–H groups in total. The predicted octanol–water partition coefficient (Wildman–Crippen LogP) is 4.07. The first kappa shape index (κ1) is 18.0. The van der Waals surface area contributed by atoms with Crippen molar-refractivity contribution < 1.29 is 9.53 Å². The standard InChI is InChI=1S/C17H15Cl2N5O2/c1-20-15-12(19)9-21-17(23-15)22-13-8-14(26-2)10(7-11(13)18)16(25)24-5-3-4-6-24/h3-9H,1-2H3,(H2,20,21,22,23). The molecule has 0 unspecified atom stereocenters. The summed E-state index contributed by atoms with van der Waals surface area (Å²) in [6.45, 7) is 0. The number of halogens is 2. The van der Waals surface area contributed by atoms with Crippen LogP contribution in [0.5, 0.6) is 5.75 Å². The molecule has 0 aliphatic rings. The summed E-state index contributed by atoms with van der Waals surface area (Å²) in [4.78, 5) is 20.9. The van der Waals surface area contributed by atoms with E-state index in [1.54, 1.807) is 43.7 Å². The second kappa shape index (κ2) is 7.63. The number of carbonyl (C=O) groups excluding carboxylic acids is 1. The molecule has 0 aliphatic carbocycles. The molecule has 0 atom stereocenters. The number of carbonyl (C=O) groups is 1. The minimum Gasteiger partial charge on any atom is -0.496 e. The lowest BCUT2D eigenvalue weighted by Crippen LogP contribution is -2.11. The van der Waals surface area contributed by atoms with E-state index in [2.05, 4.69) is 20.6 Å². The zero-order valence-corrected chi connectivity index (χ0v) is 15.5. The van der Waals surface area contributed by atoms with Crippen molar-refractivity contribution in [3.05, 3.63) is 58.5 Å². The van der Waals surface area contributed by atoms with Gasteiger partial charge in [-0.1, -0.05) is 23.2 Å². The van der Waals surface area contributed by atoms with Crippen molar-refractivity contribution in [3.8, 4) is 5.75 Å². The molecule has 0 radical (unpaired) electrons. The Hall–Kier alpha value is -2.77. The number of nitrogens with one attached hydrogen (secondary N) is 2. The third-order valence-electron chi connectivity index (χ3n) is 3.59. The largest absolute Gasteiger partial charge is 0.496 e. The lowest BCUT2D eigenvalue weighted by Gasteiger charge is -2.14. The van der Waals surface area contributed by atoms with E-state index < -0.39 is 0 Å². The molecule has 3 rings (SSSR count). The van der Waals surface area contributed by atoms with Gasteiger partial charge < -0.3 is 15.4 Å². The van der Waals surface area contributed by atoms with Crippen LogP contribution in [0.15, 0.2) is 42.9 Å². The fourth-order valence-electron chi connectivity index (χ4n) is 2.32. The fourth-order valence-corrected chi connectivity index (χ4v) is 2.71. The molecule has 7 nitrogen and oxygen atoms in total. The van der Waals surface area contributed by atoms with Crippen LogP contribution in [0.25, 0.3) is 0 Å². The molecule has 1 aromatic carbocycles. The van der Waals surface area contributed by atoms with Crippen molar-refractivity contribution in [2.45, 2.75) is 0 Å². The molecule has 0 saturated heterocycles. The molecule has 0 saturated carbocycles. The Morgan fingerprint density at radius 1 is 1.19 bits per heavy atom. The second-order valence-corrected chi connectivity index (χ2v) is 6.01. The van der Waals surface area contributed by atoms with Crippen molar-refractivity contribution in [1.29, 1.82) is 0 Å². The Kier molecular flexibility index (Phi) is 5.29. The number of aromatic nitrogens is 3. The predicted molar refractivity (Wildman–Crippen MR) is 102 cm³/mol. The second-order valence-electron chi connectivity index (χ2n) is 5.19. The molecular formula is C17H15Cl2N5O2. The first-order valence-corrected chi connectivity index (χ1v) is 8.31. The molecule has 3 aromatic rings. The molecule has 9 heteroatoms. The van der Waals surface area contributed by atoms with Crippen LogP contribution >= 0.6 is 23.2 Å². The molecule has 0 fully saturated rings. The SMILES string of the molecule is CNc1nc(Nc2cc(OC)c(C(=O)n3cccc3)cc2Cl)ncc1Cl. The minimum absolute atomic E-state index is 0.250. The molecule has 0 bridgehead atoms. The maximum atomic E-state index is 12.6. The number of ether oxygens (including phenoxy) is 1. The highest BCUT2D eigenvalue weighted by atomic mass is 35.5. The van der Waals surface area contributed by atoms with Crippen LogP contribution in [-0.2, 0) is 0 Å². The van der Waals surface area contributed by atoms with Gasteiger partial charge in [0.2, 0.25) is 5.95 Å². The lowest BCUT2D eigenvalue weighted by atomic mass is 10.1. The van der Waals surface area contributed by atoms with Crippen LogP contribution < -0.4 is 15.4 Å². The van der Waals surface area contributed by atoms with Gasteiger partial charge in [0.05, 0.1) is 29.6 Å². The van der Waals surface area contributed by atoms with Crippen molar-refractivity contribution >= 4 is 46.6 Å². The number of hydrogen-bond donors (Lipinski definition) is 2. The van der Waals surface area contributed by atoms with E-state index in [0.29, 0.717) is 38.8 Å². The summed E-state index contributed by atoms with van der Waals surface area (Å²) in [6.07, 6.45) is 4.78. The maximum absolute atomic E-state index is 12.6. The van der Waals surface area contributed by atoms with Crippen LogP contribution in [0.4, 0.5) is 17.5 Å². The summed E-state index contributed by atoms with van der Waals surface area (Å²) in [5.74, 6) is 0.901. The Morgan fingerprint density at radius 3 is 2.58 bits per heavy atom. The van der Waals surface area contributed by atoms with Gasteiger partial charge in [0, 0.05) is 25.5 Å². The quantitative estimate of drug-likeness (QED) is 0.682. The smallest absolute Gasteiger partial charge is 0.265 e. The Morgan fingerprint density at radius 2 is 1.92 bits per heavy atom. The molecule has 0 amide bonds. The van der Waals surface area contributed by atoms with Crippen LogP contribution in [0.1, 0.15) is 10.4 Å². The Labute approximate surface area is 159 Å². The highest BCUT2D eigenvalue weighted by Crippen LogP contribution is 2.33. The van der Waals surface area contributed by atoms with Crippen molar-refractivity contribution in [3.63, 3.8) is 0 Å². The first-order valence-electron chi connectivity index (χ1n) is 7.56. The highest BCUT2D eigenvalue weighted by Gasteiger charge is 2.18. The number of nitrogens with zero attached hydrogens (tertiary/aromatic N) is 3. The number of anilines is 3. The molecule has 0 aliphatic heterocycles. The van der Waals surface area contributed by atoms with Crippen molar-refractivity contribution in [1.82, 2.24) is 14.5 Å². The topological polar surface area (TPSA) is 81.1 Å². The van der Waals surface area contributed by atoms with E-state index in [1.807, 2.05) is 0 Å². The molecular weight excluding hydrogens is 377 g/mol. The van der Waals surface area contributed by atoms with Crippen molar-refractivity contribution in [2.24, 2.45) is 0 Å². The molecule has 0 spiro atoms. The summed E-state index contributed by atoms with van der Waals surface area (Å²) in [5.41, 5.74) is 0.837. The molecule has 134 valence electrons. The summed E-state index contributed by atoms with van der Waals surface area (Å²) < 4.78 is 6.80. The van der Waals surface area contributed by atoms with E-state index >= 15 is 0 Å². The monoisotopic (exact) mass is 391 g/mol. The van der Waals surface area contributed by atoms with Crippen molar-refractivity contribution in [2.75, 3.05) is 24.8 Å². The van der Waals surface area contributed by atoms with E-state index in [9.17, 15) is 4.79 Å². The number of rotatable bonds is 5. The van der Waals surface area contributed by atoms with Crippen LogP contribution in [-0.4, -0.2) is 34.6 Å². The van der Waals surface area contributed by atoms with E-state index in [-0.39, 0.29) is 5.91 Å². The molecule has 2 heterocycles. The van der Waals surface area contributed by atoms with Gasteiger partial charge in [0.15, 0.2) is 0 Å². The Balaban J connectivity index is 1.95. The third kappa shape index (κ3) is 3.58. The third-order valence-corrected chi connectivity index (χ3v) is 4.18. The summed E-state index contributed by atoms with van der Waals surface area (Å²) in [6, 6.07) is 6.69. The molecule has 26 heavy (non-hydrogen) atoms. The van der Waals surface area contributed by atoms with Gasteiger partial charge in [0.25, 0.3) is 5.91 Å². The number of methoxy groups -OCH3 is 1. The average Bonchev–Trinajstić information content (AvgIpc) is 3.18. The van der Waals surface area contributed by atoms with E-state index in [1.165, 1.54) is 17.9 Å². The van der Waals surface area contributed by atoms with Gasteiger partial charge in [-0.2, -0.15) is 4.98 Å². The lowest BCUT2D eigenvalue weighted by molar-refractivity contribution is 0.0957. The maximum Gasteiger partial charge on any atom is 0.265 e. The van der Waals surface area contributed by atoms with Gasteiger partial charge in [0.1, 0.15) is 16.6 Å². The van der Waals surface area contributed by atoms with Gasteiger partial charge in [-0.25, -0.2) is 4.98 Å². The van der Waals surface area contributed by atoms with Crippen LogP contribution in [0, 0.1) is 0 Å². The van der Waals surface area contributed by atoms with Gasteiger partial charge >= 0.3 is 0 Å². The van der Waals surface area contributed by atoms with Crippen LogP contribution in [0.3, 0.4) is 0 Å². The summed E-state index contributed by atoms with van der Waals surface area (Å²) in [7, 11) is 3.19. The van der Waals surface area contributed by atoms with Gasteiger partial charge in [-0.3, -0.25) is 9.36 Å². The summed E-state index contributed by atoms with van der Waals surface area (Å²) in [5, 5.41) is 6.59. The van der Waals surface area contributed by atoms with Gasteiger partial charge in [-0.15, -0.1) is 0 Å². The number of benzene rings is 1. The fraction of sp³-hybridized carbons (Fsp3) is 0.118. The average molecular weight is 392 g/mol. The minimum atomic E-state index is -0.250.